The standard InChI is InChI=1S/C19H21F4N3O3/c1-4-25-8-11(18(28)29)17(27)12-10(3)14(20)16(13(15(12)25)19(21,22)23)26-6-5-24-9(2)7-26/h8-9,24H,4-7H2,1-3H3,(H,28,29). The van der Waals surface area contributed by atoms with Crippen LogP contribution >= 0.6 is 0 Å². The number of carboxylic acids is 1. The Morgan fingerprint density at radius 1 is 1.38 bits per heavy atom. The van der Waals surface area contributed by atoms with E-state index in [1.165, 1.54) is 18.7 Å². The number of rotatable bonds is 3. The number of benzene rings is 1. The summed E-state index contributed by atoms with van der Waals surface area (Å²) in [5.74, 6) is -2.73. The number of fused-ring (bicyclic) bond motifs is 1. The van der Waals surface area contributed by atoms with E-state index < -0.39 is 51.1 Å². The van der Waals surface area contributed by atoms with Gasteiger partial charge in [0.05, 0.1) is 16.6 Å². The molecule has 29 heavy (non-hydrogen) atoms. The van der Waals surface area contributed by atoms with Gasteiger partial charge in [-0.05, 0) is 20.8 Å². The number of nitrogens with one attached hydrogen (secondary N) is 1. The summed E-state index contributed by atoms with van der Waals surface area (Å²) in [5.41, 5.74) is -4.45. The van der Waals surface area contributed by atoms with E-state index in [2.05, 4.69) is 5.32 Å². The highest BCUT2D eigenvalue weighted by molar-refractivity contribution is 5.97. The lowest BCUT2D eigenvalue weighted by molar-refractivity contribution is -0.136. The lowest BCUT2D eigenvalue weighted by atomic mass is 9.97. The van der Waals surface area contributed by atoms with E-state index in [9.17, 15) is 27.9 Å². The number of hydrogen-bond donors (Lipinski definition) is 2. The highest BCUT2D eigenvalue weighted by atomic mass is 19.4. The maximum Gasteiger partial charge on any atom is 0.420 e. The van der Waals surface area contributed by atoms with Crippen molar-refractivity contribution in [2.45, 2.75) is 39.5 Å². The molecule has 0 radical (unpaired) electrons. The van der Waals surface area contributed by atoms with Crippen molar-refractivity contribution in [3.05, 3.63) is 38.9 Å². The summed E-state index contributed by atoms with van der Waals surface area (Å²) in [6.45, 7) is 5.21. The zero-order valence-electron chi connectivity index (χ0n) is 16.2. The van der Waals surface area contributed by atoms with Crippen molar-refractivity contribution in [1.82, 2.24) is 9.88 Å². The molecule has 0 amide bonds. The third kappa shape index (κ3) is 3.45. The Kier molecular flexibility index (Phi) is 5.33. The van der Waals surface area contributed by atoms with Gasteiger partial charge in [-0.25, -0.2) is 9.18 Å². The van der Waals surface area contributed by atoms with Crippen LogP contribution in [-0.2, 0) is 12.7 Å². The predicted molar refractivity (Wildman–Crippen MR) is 100 cm³/mol. The highest BCUT2D eigenvalue weighted by Gasteiger charge is 2.42. The molecule has 158 valence electrons. The number of carboxylic acid groups (broad SMARTS) is 1. The Morgan fingerprint density at radius 3 is 2.55 bits per heavy atom. The van der Waals surface area contributed by atoms with Crippen LogP contribution in [0.25, 0.3) is 10.9 Å². The van der Waals surface area contributed by atoms with Crippen LogP contribution in [0.3, 0.4) is 0 Å². The summed E-state index contributed by atoms with van der Waals surface area (Å²) < 4.78 is 59.0. The van der Waals surface area contributed by atoms with Gasteiger partial charge in [0.15, 0.2) is 5.82 Å². The molecule has 1 aromatic carbocycles. The molecule has 6 nitrogen and oxygen atoms in total. The van der Waals surface area contributed by atoms with Gasteiger partial charge in [0.1, 0.15) is 11.1 Å². The summed E-state index contributed by atoms with van der Waals surface area (Å²) in [6, 6.07) is -0.150. The van der Waals surface area contributed by atoms with Crippen LogP contribution in [0.2, 0.25) is 0 Å². The van der Waals surface area contributed by atoms with E-state index in [1.807, 2.05) is 0 Å². The van der Waals surface area contributed by atoms with Crippen LogP contribution in [0.4, 0.5) is 23.2 Å². The maximum absolute atomic E-state index is 15.3. The fourth-order valence-electron chi connectivity index (χ4n) is 3.89. The molecule has 1 saturated heterocycles. The van der Waals surface area contributed by atoms with Gasteiger partial charge in [0, 0.05) is 44.0 Å². The molecule has 2 heterocycles. The second-order valence-electron chi connectivity index (χ2n) is 7.15. The third-order valence-electron chi connectivity index (χ3n) is 5.21. The minimum atomic E-state index is -4.95. The number of nitrogens with zero attached hydrogens (tertiary/aromatic N) is 2. The third-order valence-corrected chi connectivity index (χ3v) is 5.21. The van der Waals surface area contributed by atoms with Gasteiger partial charge in [0.25, 0.3) is 0 Å². The second-order valence-corrected chi connectivity index (χ2v) is 7.15. The van der Waals surface area contributed by atoms with Crippen LogP contribution in [0.1, 0.15) is 35.3 Å². The van der Waals surface area contributed by atoms with Crippen LogP contribution in [0.5, 0.6) is 0 Å². The molecular weight excluding hydrogens is 394 g/mol. The Morgan fingerprint density at radius 2 is 2.03 bits per heavy atom. The average Bonchev–Trinajstić information content (AvgIpc) is 2.63. The molecule has 1 fully saturated rings. The minimum absolute atomic E-state index is 0.0252. The first kappa shape index (κ1) is 21.1. The minimum Gasteiger partial charge on any atom is -0.477 e. The van der Waals surface area contributed by atoms with Crippen molar-refractivity contribution in [3.8, 4) is 0 Å². The van der Waals surface area contributed by atoms with E-state index in [1.54, 1.807) is 6.92 Å². The molecule has 1 aromatic heterocycles. The topological polar surface area (TPSA) is 74.6 Å². The summed E-state index contributed by atoms with van der Waals surface area (Å²) in [6.07, 6.45) is -4.06. The average molecular weight is 415 g/mol. The molecule has 0 aliphatic carbocycles. The number of piperazine rings is 1. The molecule has 10 heteroatoms. The van der Waals surface area contributed by atoms with Crippen LogP contribution in [0, 0.1) is 12.7 Å². The number of aryl methyl sites for hydroxylation is 2. The Hall–Kier alpha value is -2.62. The number of halogens is 4. The number of pyridine rings is 1. The fraction of sp³-hybridized carbons (Fsp3) is 0.474. The van der Waals surface area contributed by atoms with Crippen molar-refractivity contribution in [1.29, 1.82) is 0 Å². The van der Waals surface area contributed by atoms with Crippen molar-refractivity contribution in [3.63, 3.8) is 0 Å². The molecule has 0 spiro atoms. The van der Waals surface area contributed by atoms with Crippen LogP contribution in [0.15, 0.2) is 11.0 Å². The molecular formula is C19H21F4N3O3. The zero-order valence-corrected chi connectivity index (χ0v) is 16.2. The Labute approximate surface area is 163 Å². The molecule has 2 N–H and O–H groups in total. The van der Waals surface area contributed by atoms with Crippen LogP contribution < -0.4 is 15.6 Å². The van der Waals surface area contributed by atoms with Gasteiger partial charge in [-0.1, -0.05) is 0 Å². The summed E-state index contributed by atoms with van der Waals surface area (Å²) in [4.78, 5) is 25.4. The van der Waals surface area contributed by atoms with E-state index in [0.29, 0.717) is 6.54 Å². The molecule has 3 rings (SSSR count). The summed E-state index contributed by atoms with van der Waals surface area (Å²) >= 11 is 0. The first-order valence-corrected chi connectivity index (χ1v) is 9.17. The molecule has 0 bridgehead atoms. The number of hydrogen-bond acceptors (Lipinski definition) is 4. The molecule has 1 unspecified atom stereocenters. The Balaban J connectivity index is 2.54. The van der Waals surface area contributed by atoms with Gasteiger partial charge in [-0.15, -0.1) is 0 Å². The van der Waals surface area contributed by atoms with Gasteiger partial charge < -0.3 is 19.9 Å². The number of carbonyl (C=O) groups is 1. The van der Waals surface area contributed by atoms with E-state index in [0.717, 1.165) is 10.8 Å². The van der Waals surface area contributed by atoms with Crippen molar-refractivity contribution in [2.75, 3.05) is 24.5 Å². The van der Waals surface area contributed by atoms with E-state index in [4.69, 9.17) is 0 Å². The van der Waals surface area contributed by atoms with E-state index >= 15 is 4.39 Å². The number of aromatic carboxylic acids is 1. The van der Waals surface area contributed by atoms with Gasteiger partial charge in [-0.3, -0.25) is 4.79 Å². The molecule has 1 atom stereocenters. The lowest BCUT2D eigenvalue weighted by Gasteiger charge is -2.36. The SMILES string of the molecule is CCn1cc(C(=O)O)c(=O)c2c(C)c(F)c(N3CCNC(C)C3)c(C(F)(F)F)c21. The number of alkyl halides is 3. The fourth-order valence-corrected chi connectivity index (χ4v) is 3.89. The number of aromatic nitrogens is 1. The van der Waals surface area contributed by atoms with Crippen molar-refractivity contribution < 1.29 is 27.5 Å². The van der Waals surface area contributed by atoms with Crippen molar-refractivity contribution >= 4 is 22.6 Å². The van der Waals surface area contributed by atoms with Gasteiger partial charge in [0.2, 0.25) is 5.43 Å². The molecule has 0 saturated carbocycles. The highest BCUT2D eigenvalue weighted by Crippen LogP contribution is 2.44. The maximum atomic E-state index is 15.3. The largest absolute Gasteiger partial charge is 0.477 e. The van der Waals surface area contributed by atoms with Gasteiger partial charge >= 0.3 is 12.1 Å². The summed E-state index contributed by atoms with van der Waals surface area (Å²) in [5, 5.41) is 11.8. The number of anilines is 1. The monoisotopic (exact) mass is 415 g/mol. The Bertz CT molecular complexity index is 1050. The van der Waals surface area contributed by atoms with E-state index in [-0.39, 0.29) is 31.2 Å². The van der Waals surface area contributed by atoms with Crippen LogP contribution in [-0.4, -0.2) is 41.3 Å². The van der Waals surface area contributed by atoms with Crippen molar-refractivity contribution in [2.24, 2.45) is 0 Å². The smallest absolute Gasteiger partial charge is 0.420 e. The van der Waals surface area contributed by atoms with Gasteiger partial charge in [-0.2, -0.15) is 13.2 Å². The second kappa shape index (κ2) is 7.33. The summed E-state index contributed by atoms with van der Waals surface area (Å²) in [7, 11) is 0. The molecule has 2 aromatic rings. The predicted octanol–water partition coefficient (Wildman–Crippen LogP) is 2.98. The first-order valence-electron chi connectivity index (χ1n) is 9.17. The normalized spacial score (nSPS) is 17.8. The zero-order chi connectivity index (χ0) is 21.7. The molecule has 1 aliphatic rings. The first-order chi connectivity index (χ1) is 13.5. The lowest BCUT2D eigenvalue weighted by Crippen LogP contribution is -2.50. The molecule has 1 aliphatic heterocycles. The quantitative estimate of drug-likeness (QED) is 0.754.